The molecule has 0 bridgehead atoms. The predicted molar refractivity (Wildman–Crippen MR) is 363 cm³/mol. The molecule has 0 rings (SSSR count). The molecule has 27 nitrogen and oxygen atoms in total. The largest absolute Gasteiger partial charge is 0.490 e. The third-order valence-electron chi connectivity index (χ3n) is 14.7. The lowest BCUT2D eigenvalue weighted by Crippen LogP contribution is -2.53. The molecule has 2 unspecified atom stereocenters. The number of aliphatic carboxylic acids is 6. The summed E-state index contributed by atoms with van der Waals surface area (Å²) < 4.78 is 190. The van der Waals surface area contributed by atoms with Crippen molar-refractivity contribution in [2.45, 2.75) is 294 Å². The molecule has 110 heavy (non-hydrogen) atoms. The Morgan fingerprint density at radius 3 is 0.927 bits per heavy atom. The zero-order valence-corrected chi connectivity index (χ0v) is 62.2. The molecule has 0 spiro atoms. The third-order valence-corrected chi connectivity index (χ3v) is 14.7. The van der Waals surface area contributed by atoms with Crippen molar-refractivity contribution in [3.63, 3.8) is 0 Å². The number of hydrogen-bond donors (Lipinski definition) is 16. The Balaban J connectivity index is -0.000000401. The highest BCUT2D eigenvalue weighted by Gasteiger charge is 2.42. The zero-order valence-electron chi connectivity index (χ0n) is 62.2. The fourth-order valence-electron chi connectivity index (χ4n) is 8.69. The Morgan fingerprint density at radius 1 is 0.364 bits per heavy atom. The highest BCUT2D eigenvalue weighted by molar-refractivity contribution is 5.81. The van der Waals surface area contributed by atoms with Gasteiger partial charge in [0.1, 0.15) is 12.2 Å². The molecule has 6 atom stereocenters. The van der Waals surface area contributed by atoms with Crippen LogP contribution >= 0.6 is 0 Å². The van der Waals surface area contributed by atoms with Gasteiger partial charge >= 0.3 is 72.9 Å². The van der Waals surface area contributed by atoms with Crippen molar-refractivity contribution in [3.05, 3.63) is 0 Å². The highest BCUT2D eigenvalue weighted by atomic mass is 19.4. The van der Waals surface area contributed by atoms with Gasteiger partial charge < -0.3 is 78.5 Å². The fourth-order valence-corrected chi connectivity index (χ4v) is 8.69. The second kappa shape index (κ2) is 68.2. The van der Waals surface area contributed by atoms with Crippen LogP contribution in [0.2, 0.25) is 0 Å². The van der Waals surface area contributed by atoms with Crippen molar-refractivity contribution >= 4 is 53.5 Å². The first-order chi connectivity index (χ1) is 50.6. The lowest BCUT2D eigenvalue weighted by molar-refractivity contribution is -0.193. The van der Waals surface area contributed by atoms with E-state index in [0.29, 0.717) is 31.8 Å². The number of nitrogens with two attached hydrogens (primary N) is 2. The molecule has 0 aromatic rings. The second-order valence-electron chi connectivity index (χ2n) is 24.5. The zero-order chi connectivity index (χ0) is 86.9. The van der Waals surface area contributed by atoms with Crippen LogP contribution in [0.3, 0.4) is 0 Å². The minimum Gasteiger partial charge on any atom is -0.475 e. The van der Waals surface area contributed by atoms with E-state index in [1.54, 1.807) is 0 Å². The molecule has 45 heteroatoms. The summed E-state index contributed by atoms with van der Waals surface area (Å²) in [5, 5.41) is 92.5. The Bertz CT molecular complexity index is 2200. The van der Waals surface area contributed by atoms with Crippen LogP contribution < -0.4 is 32.8 Å². The van der Waals surface area contributed by atoms with Gasteiger partial charge in [0.2, 0.25) is 11.8 Å². The van der Waals surface area contributed by atoms with Crippen LogP contribution in [0.4, 0.5) is 79.0 Å². The first-order valence-electron chi connectivity index (χ1n) is 35.6. The Hall–Kier alpha value is -6.39. The van der Waals surface area contributed by atoms with E-state index in [0.717, 1.165) is 168 Å². The molecule has 0 saturated carbocycles. The summed E-state index contributed by atoms with van der Waals surface area (Å²) >= 11 is 0. The number of hydrazine groups is 1. The number of carbonyl (C=O) groups is 9. The molecule has 0 heterocycles. The SMILES string of the molecule is CCCCN(CC(CCCCCCNC(=O)CCCCCCCCCCCNC(=O)CCCCCCCCCCCNC(=O)[C@H](O)[C@@H](O)[C@H](O)[C@@H](C)O)C(N)N(CCC)CCCC)NCCCN.O=C(O)C(F)(F)F.O=C(O)C(F)(F)F.O=C(O)C(F)(F)F.O=C(O)C(F)(F)F.O=C(O)C(F)(F)F.O=C(O)C(F)(F)F. The number of carboxylic acids is 6. The lowest BCUT2D eigenvalue weighted by Gasteiger charge is -2.37. The number of carboxylic acid groups (broad SMARTS) is 6. The predicted octanol–water partition coefficient (Wildman–Crippen LogP) is 10.7. The smallest absolute Gasteiger partial charge is 0.475 e. The van der Waals surface area contributed by atoms with Crippen LogP contribution in [0.5, 0.6) is 0 Å². The second-order valence-corrected chi connectivity index (χ2v) is 24.5. The maximum Gasteiger partial charge on any atom is 0.490 e. The van der Waals surface area contributed by atoms with Gasteiger partial charge in [-0.2, -0.15) is 79.0 Å². The van der Waals surface area contributed by atoms with Crippen molar-refractivity contribution in [1.82, 2.24) is 31.3 Å². The summed E-state index contributed by atoms with van der Waals surface area (Å²) in [4.78, 5) is 92.5. The summed E-state index contributed by atoms with van der Waals surface area (Å²) in [6.45, 7) is 15.7. The summed E-state index contributed by atoms with van der Waals surface area (Å²) in [6, 6.07) is 0. The maximum atomic E-state index is 12.5. The van der Waals surface area contributed by atoms with Crippen LogP contribution in [0.25, 0.3) is 0 Å². The van der Waals surface area contributed by atoms with Crippen LogP contribution in [-0.4, -0.2) is 241 Å². The van der Waals surface area contributed by atoms with Crippen molar-refractivity contribution < 1.29 is 173 Å². The van der Waals surface area contributed by atoms with E-state index < -0.39 is 103 Å². The van der Waals surface area contributed by atoms with E-state index in [9.17, 15) is 114 Å². The average Bonchev–Trinajstić information content (AvgIpc) is 0.890. The van der Waals surface area contributed by atoms with Gasteiger partial charge in [-0.3, -0.25) is 24.7 Å². The number of carbonyl (C=O) groups excluding carboxylic acids is 3. The Morgan fingerprint density at radius 2 is 0.645 bits per heavy atom. The van der Waals surface area contributed by atoms with Gasteiger partial charge in [-0.25, -0.2) is 33.8 Å². The van der Waals surface area contributed by atoms with E-state index >= 15 is 0 Å². The highest BCUT2D eigenvalue weighted by Crippen LogP contribution is 2.22. The number of nitrogens with one attached hydrogen (secondary N) is 4. The first kappa shape index (κ1) is 117. The molecule has 0 saturated heterocycles. The molecular formula is C65H116F18N8O19. The van der Waals surface area contributed by atoms with Gasteiger partial charge in [0.25, 0.3) is 5.91 Å². The summed E-state index contributed by atoms with van der Waals surface area (Å²) in [5.74, 6) is -16.5. The van der Waals surface area contributed by atoms with Crippen molar-refractivity contribution in [1.29, 1.82) is 0 Å². The van der Waals surface area contributed by atoms with Gasteiger partial charge in [0, 0.05) is 58.0 Å². The van der Waals surface area contributed by atoms with E-state index in [4.69, 9.17) is 70.9 Å². The molecule has 0 aliphatic rings. The van der Waals surface area contributed by atoms with E-state index in [-0.39, 0.29) is 18.0 Å². The Labute approximate surface area is 627 Å². The van der Waals surface area contributed by atoms with Crippen molar-refractivity contribution in [2.24, 2.45) is 17.4 Å². The minimum atomic E-state index is -5.08. The number of nitrogens with zero attached hydrogens (tertiary/aromatic N) is 2. The summed E-state index contributed by atoms with van der Waals surface area (Å²) in [7, 11) is 0. The van der Waals surface area contributed by atoms with Crippen LogP contribution in [0, 0.1) is 5.92 Å². The van der Waals surface area contributed by atoms with Gasteiger partial charge in [0.15, 0.2) is 6.10 Å². The third kappa shape index (κ3) is 79.7. The quantitative estimate of drug-likeness (QED) is 0.0116. The molecule has 0 fully saturated rings. The molecule has 0 aliphatic heterocycles. The molecule has 0 radical (unpaired) electrons. The number of aliphatic hydroxyl groups is 4. The van der Waals surface area contributed by atoms with Crippen molar-refractivity contribution in [3.8, 4) is 0 Å². The molecule has 0 aliphatic carbocycles. The minimum absolute atomic E-state index is 0.0630. The molecule has 3 amide bonds. The van der Waals surface area contributed by atoms with Crippen molar-refractivity contribution in [2.75, 3.05) is 58.9 Å². The molecular weight excluding hydrogens is 1540 g/mol. The normalized spacial score (nSPS) is 13.3. The molecule has 18 N–H and O–H groups in total. The maximum absolute atomic E-state index is 12.5. The van der Waals surface area contributed by atoms with Crippen LogP contribution in [-0.2, 0) is 43.2 Å². The number of hydrogen-bond acceptors (Lipinski definition) is 18. The average molecular weight is 1660 g/mol. The van der Waals surface area contributed by atoms with Crippen LogP contribution in [0.1, 0.15) is 227 Å². The standard InChI is InChI=1S/C53H110N8O7.6C2HF3O2/c1-5-8-42-60(41-7-3)52(55)46(44-61(43-9-6-2)59-40-32-36-54)33-26-22-25-30-38-57-48(64)35-28-20-16-12-10-14-18-23-29-37-56-47(63)34-27-21-17-13-11-15-19-24-31-39-58-53(68)51(67)50(66)49(65)45(4)62;6*3-2(4,5)1(6)7/h45-46,49-52,59,62,65-67H,5-44,54-55H2,1-4H3,(H,56,63)(H,57,64)(H,58,68);6*(H,6,7)/t45-,46?,49-,50+,51-,52?;;;;;;/m1....../s1. The number of amides is 3. The number of alkyl halides is 18. The molecule has 0 aromatic heterocycles. The topological polar surface area (TPSA) is 463 Å². The first-order valence-corrected chi connectivity index (χ1v) is 35.6. The molecule has 656 valence electrons. The summed E-state index contributed by atoms with van der Waals surface area (Å²) in [5.41, 5.74) is 16.5. The Kier molecular flexibility index (Phi) is 72.5. The van der Waals surface area contributed by atoms with E-state index in [1.165, 1.54) is 71.1 Å². The van der Waals surface area contributed by atoms with Gasteiger partial charge in [-0.1, -0.05) is 143 Å². The van der Waals surface area contributed by atoms with E-state index in [2.05, 4.69) is 52.1 Å². The number of halogens is 18. The van der Waals surface area contributed by atoms with Crippen LogP contribution in [0.15, 0.2) is 0 Å². The fraction of sp³-hybridized carbons (Fsp3) is 0.862. The van der Waals surface area contributed by atoms with Gasteiger partial charge in [-0.15, -0.1) is 0 Å². The number of aliphatic hydroxyl groups excluding tert-OH is 4. The molecule has 0 aromatic carbocycles. The summed E-state index contributed by atoms with van der Waals surface area (Å²) in [6.07, 6.45) is -3.53. The number of unbranched alkanes of at least 4 members (excludes halogenated alkanes) is 21. The van der Waals surface area contributed by atoms with E-state index in [1.807, 2.05) is 0 Å². The number of rotatable bonds is 51. The van der Waals surface area contributed by atoms with Gasteiger partial charge in [-0.05, 0) is 90.8 Å². The monoisotopic (exact) mass is 1650 g/mol. The lowest BCUT2D eigenvalue weighted by atomic mass is 9.96. The van der Waals surface area contributed by atoms with Gasteiger partial charge in [0.05, 0.1) is 12.3 Å².